The maximum Gasteiger partial charge on any atom is 0.0991 e. The second kappa shape index (κ2) is 8.56. The summed E-state index contributed by atoms with van der Waals surface area (Å²) < 4.78 is 0. The molecule has 0 bridgehead atoms. The molecule has 1 rings (SSSR count). The normalized spacial score (nSPS) is 12.9. The summed E-state index contributed by atoms with van der Waals surface area (Å²) in [5.41, 5.74) is 2.45. The minimum atomic E-state index is 0.240. The molecule has 1 unspecified atom stereocenters. The van der Waals surface area contributed by atoms with Gasteiger partial charge in [-0.1, -0.05) is 26.8 Å². The molecule has 1 atom stereocenters. The van der Waals surface area contributed by atoms with E-state index in [4.69, 9.17) is 5.11 Å². The number of aryl methyl sites for hydroxylation is 1. The quantitative estimate of drug-likeness (QED) is 0.720. The Morgan fingerprint density at radius 3 is 2.68 bits per heavy atom. The first kappa shape index (κ1) is 16.5. The lowest BCUT2D eigenvalue weighted by Gasteiger charge is -2.12. The van der Waals surface area contributed by atoms with Gasteiger partial charge in [0.25, 0.3) is 0 Å². The molecule has 0 aliphatic rings. The Morgan fingerprint density at radius 2 is 2.11 bits per heavy atom. The standard InChI is InChI=1S/C15H26N2OS/c1-11(2)8-16-9-14-7-12(3)15(17-10-14)19-13(4)5-6-18/h7,10-11,13,16,18H,5-6,8-9H2,1-4H3. The maximum atomic E-state index is 8.93. The van der Waals surface area contributed by atoms with Crippen LogP contribution in [0, 0.1) is 12.8 Å². The smallest absolute Gasteiger partial charge is 0.0991 e. The molecule has 0 aliphatic heterocycles. The molecule has 4 heteroatoms. The Bertz CT molecular complexity index is 382. The van der Waals surface area contributed by atoms with Crippen LogP contribution in [-0.4, -0.2) is 28.5 Å². The number of hydrogen-bond donors (Lipinski definition) is 2. The number of thioether (sulfide) groups is 1. The predicted octanol–water partition coefficient (Wildman–Crippen LogP) is 3.00. The Kier molecular flexibility index (Phi) is 7.42. The van der Waals surface area contributed by atoms with E-state index >= 15 is 0 Å². The number of aliphatic hydroxyl groups excluding tert-OH is 1. The largest absolute Gasteiger partial charge is 0.396 e. The molecular weight excluding hydrogens is 256 g/mol. The molecule has 0 radical (unpaired) electrons. The fourth-order valence-electron chi connectivity index (χ4n) is 1.78. The van der Waals surface area contributed by atoms with Gasteiger partial charge in [-0.05, 0) is 36.9 Å². The zero-order valence-corrected chi connectivity index (χ0v) is 13.3. The van der Waals surface area contributed by atoms with Crippen LogP contribution in [0.3, 0.4) is 0 Å². The lowest BCUT2D eigenvalue weighted by molar-refractivity contribution is 0.289. The van der Waals surface area contributed by atoms with Crippen LogP contribution >= 0.6 is 11.8 Å². The van der Waals surface area contributed by atoms with Crippen molar-refractivity contribution in [2.24, 2.45) is 5.92 Å². The Morgan fingerprint density at radius 1 is 1.37 bits per heavy atom. The summed E-state index contributed by atoms with van der Waals surface area (Å²) in [6, 6.07) is 2.20. The molecule has 108 valence electrons. The third-order valence-electron chi connectivity index (χ3n) is 2.82. The summed E-state index contributed by atoms with van der Waals surface area (Å²) in [5, 5.41) is 13.8. The van der Waals surface area contributed by atoms with Crippen molar-refractivity contribution in [1.29, 1.82) is 0 Å². The van der Waals surface area contributed by atoms with Gasteiger partial charge in [-0.3, -0.25) is 0 Å². The third-order valence-corrected chi connectivity index (χ3v) is 4.11. The molecule has 0 saturated carbocycles. The number of pyridine rings is 1. The van der Waals surface area contributed by atoms with Crippen LogP contribution in [0.25, 0.3) is 0 Å². The highest BCUT2D eigenvalue weighted by Crippen LogP contribution is 2.26. The third kappa shape index (κ3) is 6.41. The van der Waals surface area contributed by atoms with Gasteiger partial charge in [-0.2, -0.15) is 0 Å². The van der Waals surface area contributed by atoms with E-state index in [-0.39, 0.29) is 6.61 Å². The van der Waals surface area contributed by atoms with Crippen LogP contribution in [0.4, 0.5) is 0 Å². The minimum absolute atomic E-state index is 0.240. The first-order valence-corrected chi connectivity index (χ1v) is 7.84. The summed E-state index contributed by atoms with van der Waals surface area (Å²) in [6.45, 7) is 10.8. The van der Waals surface area contributed by atoms with Gasteiger partial charge in [0.15, 0.2) is 0 Å². The molecular formula is C15H26N2OS. The second-order valence-electron chi connectivity index (χ2n) is 5.43. The van der Waals surface area contributed by atoms with Crippen LogP contribution in [0.5, 0.6) is 0 Å². The molecule has 1 heterocycles. The number of aromatic nitrogens is 1. The molecule has 0 fully saturated rings. The number of hydrogen-bond acceptors (Lipinski definition) is 4. The summed E-state index contributed by atoms with van der Waals surface area (Å²) in [6.07, 6.45) is 2.76. The molecule has 0 saturated heterocycles. The molecule has 19 heavy (non-hydrogen) atoms. The number of aliphatic hydroxyl groups is 1. The molecule has 2 N–H and O–H groups in total. The van der Waals surface area contributed by atoms with Gasteiger partial charge in [0.05, 0.1) is 5.03 Å². The Labute approximate surface area is 121 Å². The van der Waals surface area contributed by atoms with Crippen molar-refractivity contribution >= 4 is 11.8 Å². The fourth-order valence-corrected chi connectivity index (χ4v) is 2.74. The van der Waals surface area contributed by atoms with E-state index < -0.39 is 0 Å². The van der Waals surface area contributed by atoms with Crippen LogP contribution in [0.1, 0.15) is 38.3 Å². The molecule has 1 aromatic heterocycles. The Balaban J connectivity index is 2.54. The summed E-state index contributed by atoms with van der Waals surface area (Å²) in [7, 11) is 0. The van der Waals surface area contributed by atoms with Gasteiger partial charge in [0.1, 0.15) is 0 Å². The monoisotopic (exact) mass is 282 g/mol. The van der Waals surface area contributed by atoms with E-state index in [9.17, 15) is 0 Å². The SMILES string of the molecule is Cc1cc(CNCC(C)C)cnc1SC(C)CCO. The molecule has 0 amide bonds. The van der Waals surface area contributed by atoms with Crippen LogP contribution in [0.15, 0.2) is 17.3 Å². The van der Waals surface area contributed by atoms with Crippen molar-refractivity contribution in [1.82, 2.24) is 10.3 Å². The summed E-state index contributed by atoms with van der Waals surface area (Å²) in [4.78, 5) is 4.54. The van der Waals surface area contributed by atoms with E-state index in [0.717, 1.165) is 24.5 Å². The highest BCUT2D eigenvalue weighted by Gasteiger charge is 2.08. The summed E-state index contributed by atoms with van der Waals surface area (Å²) in [5.74, 6) is 0.670. The molecule has 0 spiro atoms. The van der Waals surface area contributed by atoms with Gasteiger partial charge in [-0.15, -0.1) is 11.8 Å². The lowest BCUT2D eigenvalue weighted by Crippen LogP contribution is -2.19. The van der Waals surface area contributed by atoms with Gasteiger partial charge in [-0.25, -0.2) is 4.98 Å². The fraction of sp³-hybridized carbons (Fsp3) is 0.667. The topological polar surface area (TPSA) is 45.2 Å². The van der Waals surface area contributed by atoms with Crippen molar-refractivity contribution in [2.75, 3.05) is 13.2 Å². The zero-order chi connectivity index (χ0) is 14.3. The van der Waals surface area contributed by atoms with E-state index in [1.54, 1.807) is 11.8 Å². The van der Waals surface area contributed by atoms with E-state index in [1.807, 2.05) is 6.20 Å². The van der Waals surface area contributed by atoms with E-state index in [0.29, 0.717) is 11.2 Å². The summed E-state index contributed by atoms with van der Waals surface area (Å²) >= 11 is 1.74. The zero-order valence-electron chi connectivity index (χ0n) is 12.4. The number of nitrogens with one attached hydrogen (secondary N) is 1. The van der Waals surface area contributed by atoms with Gasteiger partial charge in [0.2, 0.25) is 0 Å². The number of rotatable bonds is 8. The second-order valence-corrected chi connectivity index (χ2v) is 6.86. The average molecular weight is 282 g/mol. The van der Waals surface area contributed by atoms with Crippen LogP contribution in [-0.2, 0) is 6.54 Å². The molecule has 0 aromatic carbocycles. The average Bonchev–Trinajstić information content (AvgIpc) is 2.32. The highest BCUT2D eigenvalue weighted by atomic mass is 32.2. The van der Waals surface area contributed by atoms with Gasteiger partial charge >= 0.3 is 0 Å². The lowest BCUT2D eigenvalue weighted by atomic mass is 10.2. The maximum absolute atomic E-state index is 8.93. The van der Waals surface area contributed by atoms with Crippen LogP contribution in [0.2, 0.25) is 0 Å². The van der Waals surface area contributed by atoms with Crippen molar-refractivity contribution in [3.63, 3.8) is 0 Å². The molecule has 0 aliphatic carbocycles. The Hall–Kier alpha value is -0.580. The van der Waals surface area contributed by atoms with Crippen molar-refractivity contribution in [2.45, 2.75) is 50.9 Å². The molecule has 1 aromatic rings. The molecule has 3 nitrogen and oxygen atoms in total. The van der Waals surface area contributed by atoms with Crippen molar-refractivity contribution < 1.29 is 5.11 Å². The van der Waals surface area contributed by atoms with Crippen molar-refractivity contribution in [3.05, 3.63) is 23.4 Å². The van der Waals surface area contributed by atoms with Crippen LogP contribution < -0.4 is 5.32 Å². The first-order valence-electron chi connectivity index (χ1n) is 6.96. The minimum Gasteiger partial charge on any atom is -0.396 e. The first-order chi connectivity index (χ1) is 9.02. The van der Waals surface area contributed by atoms with E-state index in [1.165, 1.54) is 11.1 Å². The number of nitrogens with zero attached hydrogens (tertiary/aromatic N) is 1. The highest BCUT2D eigenvalue weighted by molar-refractivity contribution is 7.99. The van der Waals surface area contributed by atoms with Crippen molar-refractivity contribution in [3.8, 4) is 0 Å². The van der Waals surface area contributed by atoms with E-state index in [2.05, 4.69) is 44.1 Å². The van der Waals surface area contributed by atoms with Gasteiger partial charge in [0, 0.05) is 24.6 Å². The predicted molar refractivity (Wildman–Crippen MR) is 82.5 cm³/mol. The van der Waals surface area contributed by atoms with Gasteiger partial charge < -0.3 is 10.4 Å².